The normalized spacial score (nSPS) is 12.8. The topological polar surface area (TPSA) is 80.3 Å². The third-order valence-electron chi connectivity index (χ3n) is 5.08. The van der Waals surface area contributed by atoms with Crippen LogP contribution in [0.25, 0.3) is 11.0 Å². The van der Waals surface area contributed by atoms with Crippen molar-refractivity contribution in [2.24, 2.45) is 12.0 Å². The highest BCUT2D eigenvalue weighted by Gasteiger charge is 2.14. The van der Waals surface area contributed by atoms with Crippen molar-refractivity contribution < 1.29 is 4.42 Å². The maximum absolute atomic E-state index is 6.01. The number of aliphatic imine (C=N–C) groups is 1. The van der Waals surface area contributed by atoms with Crippen molar-refractivity contribution in [3.8, 4) is 0 Å². The van der Waals surface area contributed by atoms with Gasteiger partial charge in [0, 0.05) is 12.4 Å². The van der Waals surface area contributed by atoms with E-state index in [-0.39, 0.29) is 6.04 Å². The van der Waals surface area contributed by atoms with Crippen molar-refractivity contribution in [1.29, 1.82) is 0 Å². The lowest BCUT2D eigenvalue weighted by Crippen LogP contribution is -2.38. The minimum absolute atomic E-state index is 0.0549. The molecule has 0 amide bonds. The number of para-hydroxylation sites is 1. The number of aromatic nitrogens is 3. The third-order valence-corrected chi connectivity index (χ3v) is 5.08. The van der Waals surface area contributed by atoms with Crippen molar-refractivity contribution >= 4 is 16.9 Å². The molecule has 0 fully saturated rings. The number of aryl methyl sites for hydroxylation is 1. The first-order valence-corrected chi connectivity index (χ1v) is 10.0. The number of benzene rings is 2. The lowest BCUT2D eigenvalue weighted by molar-refractivity contribution is 0.487. The van der Waals surface area contributed by atoms with Crippen molar-refractivity contribution in [3.05, 3.63) is 83.6 Å². The second-order valence-electron chi connectivity index (χ2n) is 7.28. The quantitative estimate of drug-likeness (QED) is 0.378. The molecule has 0 radical (unpaired) electrons. The van der Waals surface area contributed by atoms with E-state index in [1.54, 1.807) is 0 Å². The van der Waals surface area contributed by atoms with E-state index < -0.39 is 0 Å². The van der Waals surface area contributed by atoms with Gasteiger partial charge in [0.15, 0.2) is 11.8 Å². The molecule has 0 aliphatic heterocycles. The summed E-state index contributed by atoms with van der Waals surface area (Å²) in [5.41, 5.74) is 2.02. The largest absolute Gasteiger partial charge is 0.459 e. The second-order valence-corrected chi connectivity index (χ2v) is 7.28. The van der Waals surface area contributed by atoms with Gasteiger partial charge in [0.05, 0.1) is 19.1 Å². The Kier molecular flexibility index (Phi) is 5.79. The molecule has 2 aromatic carbocycles. The van der Waals surface area contributed by atoms with Gasteiger partial charge in [-0.2, -0.15) is 0 Å². The van der Waals surface area contributed by atoms with Gasteiger partial charge in [-0.05, 0) is 31.5 Å². The predicted octanol–water partition coefficient (Wildman–Crippen LogP) is 3.87. The molecule has 0 aliphatic rings. The SMILES string of the molecule is Cc1nnc(CNC(=NCc2ccccc2)NC(C)c2cc3ccccc3o2)n1C. The van der Waals surface area contributed by atoms with Crippen LogP contribution in [0.1, 0.15) is 35.9 Å². The lowest BCUT2D eigenvalue weighted by atomic mass is 10.2. The number of nitrogens with one attached hydrogen (secondary N) is 2. The monoisotopic (exact) mass is 402 g/mol. The maximum atomic E-state index is 6.01. The first-order valence-electron chi connectivity index (χ1n) is 10.0. The molecule has 0 aliphatic carbocycles. The van der Waals surface area contributed by atoms with E-state index in [0.717, 1.165) is 33.9 Å². The van der Waals surface area contributed by atoms with E-state index in [9.17, 15) is 0 Å². The van der Waals surface area contributed by atoms with Gasteiger partial charge in [0.25, 0.3) is 0 Å². The molecule has 1 atom stereocenters. The number of hydrogen-bond donors (Lipinski definition) is 2. The molecule has 2 N–H and O–H groups in total. The Morgan fingerprint density at radius 1 is 1.10 bits per heavy atom. The van der Waals surface area contributed by atoms with Gasteiger partial charge in [-0.25, -0.2) is 4.99 Å². The van der Waals surface area contributed by atoms with E-state index in [0.29, 0.717) is 19.0 Å². The molecule has 4 aromatic rings. The van der Waals surface area contributed by atoms with Crippen LogP contribution in [0.15, 0.2) is 70.1 Å². The van der Waals surface area contributed by atoms with Gasteiger partial charge in [-0.15, -0.1) is 10.2 Å². The van der Waals surface area contributed by atoms with Crippen molar-refractivity contribution in [2.45, 2.75) is 33.0 Å². The molecule has 2 aromatic heterocycles. The van der Waals surface area contributed by atoms with Gasteiger partial charge in [-0.3, -0.25) is 0 Å². The van der Waals surface area contributed by atoms with Crippen LogP contribution in [0.5, 0.6) is 0 Å². The summed E-state index contributed by atoms with van der Waals surface area (Å²) >= 11 is 0. The number of nitrogens with zero attached hydrogens (tertiary/aromatic N) is 4. The summed E-state index contributed by atoms with van der Waals surface area (Å²) in [6.45, 7) is 5.08. The summed E-state index contributed by atoms with van der Waals surface area (Å²) in [4.78, 5) is 4.76. The fourth-order valence-corrected chi connectivity index (χ4v) is 3.17. The molecule has 0 spiro atoms. The molecule has 0 saturated heterocycles. The Morgan fingerprint density at radius 2 is 1.87 bits per heavy atom. The molecule has 4 rings (SSSR count). The third kappa shape index (κ3) is 4.51. The maximum Gasteiger partial charge on any atom is 0.192 e. The fourth-order valence-electron chi connectivity index (χ4n) is 3.17. The van der Waals surface area contributed by atoms with Crippen LogP contribution in [0.2, 0.25) is 0 Å². The van der Waals surface area contributed by atoms with Crippen LogP contribution in [-0.2, 0) is 20.1 Å². The molecule has 154 valence electrons. The minimum Gasteiger partial charge on any atom is -0.459 e. The molecule has 2 heterocycles. The summed E-state index contributed by atoms with van der Waals surface area (Å²) in [5.74, 6) is 3.27. The standard InChI is InChI=1S/C23H26N6O/c1-16(21-13-19-11-7-8-12-20(19)30-21)26-23(24-14-18-9-5-4-6-10-18)25-15-22-28-27-17(2)29(22)3/h4-13,16H,14-15H2,1-3H3,(H2,24,25,26). The summed E-state index contributed by atoms with van der Waals surface area (Å²) in [5, 5.41) is 16.2. The van der Waals surface area contributed by atoms with E-state index in [2.05, 4.69) is 46.0 Å². The molecular formula is C23H26N6O. The smallest absolute Gasteiger partial charge is 0.192 e. The van der Waals surface area contributed by atoms with Crippen molar-refractivity contribution in [2.75, 3.05) is 0 Å². The van der Waals surface area contributed by atoms with Gasteiger partial charge in [-0.1, -0.05) is 48.5 Å². The van der Waals surface area contributed by atoms with E-state index in [1.165, 1.54) is 0 Å². The summed E-state index contributed by atoms with van der Waals surface area (Å²) < 4.78 is 7.97. The van der Waals surface area contributed by atoms with E-state index in [4.69, 9.17) is 9.41 Å². The van der Waals surface area contributed by atoms with Crippen LogP contribution in [0, 0.1) is 6.92 Å². The fraction of sp³-hybridized carbons (Fsp3) is 0.261. The number of fused-ring (bicyclic) bond motifs is 1. The molecule has 30 heavy (non-hydrogen) atoms. The van der Waals surface area contributed by atoms with E-state index >= 15 is 0 Å². The highest BCUT2D eigenvalue weighted by atomic mass is 16.3. The zero-order valence-electron chi connectivity index (χ0n) is 17.5. The molecule has 1 unspecified atom stereocenters. The van der Waals surface area contributed by atoms with Gasteiger partial charge in [0.2, 0.25) is 0 Å². The van der Waals surface area contributed by atoms with Crippen molar-refractivity contribution in [1.82, 2.24) is 25.4 Å². The Morgan fingerprint density at radius 3 is 2.60 bits per heavy atom. The predicted molar refractivity (Wildman–Crippen MR) is 118 cm³/mol. The lowest BCUT2D eigenvalue weighted by Gasteiger charge is -2.17. The highest BCUT2D eigenvalue weighted by molar-refractivity contribution is 5.81. The molecule has 0 bridgehead atoms. The van der Waals surface area contributed by atoms with Gasteiger partial charge < -0.3 is 19.6 Å². The van der Waals surface area contributed by atoms with Crippen molar-refractivity contribution in [3.63, 3.8) is 0 Å². The summed E-state index contributed by atoms with van der Waals surface area (Å²) in [6.07, 6.45) is 0. The number of furan rings is 1. The molecule has 7 heteroatoms. The summed E-state index contributed by atoms with van der Waals surface area (Å²) in [7, 11) is 1.96. The first kappa shape index (κ1) is 19.7. The first-order chi connectivity index (χ1) is 14.6. The average Bonchev–Trinajstić information content (AvgIpc) is 3.34. The van der Waals surface area contributed by atoms with Crippen LogP contribution in [0.3, 0.4) is 0 Å². The Bertz CT molecular complexity index is 1110. The average molecular weight is 403 g/mol. The number of rotatable bonds is 6. The zero-order chi connectivity index (χ0) is 20.9. The van der Waals surface area contributed by atoms with Crippen LogP contribution in [0.4, 0.5) is 0 Å². The Labute approximate surface area is 175 Å². The summed E-state index contributed by atoms with van der Waals surface area (Å²) in [6, 6.07) is 20.2. The van der Waals surface area contributed by atoms with Crippen LogP contribution >= 0.6 is 0 Å². The number of hydrogen-bond acceptors (Lipinski definition) is 4. The Hall–Kier alpha value is -3.61. The highest BCUT2D eigenvalue weighted by Crippen LogP contribution is 2.23. The van der Waals surface area contributed by atoms with Gasteiger partial charge >= 0.3 is 0 Å². The van der Waals surface area contributed by atoms with E-state index in [1.807, 2.05) is 61.0 Å². The Balaban J connectivity index is 1.51. The van der Waals surface area contributed by atoms with Crippen LogP contribution < -0.4 is 10.6 Å². The molecular weight excluding hydrogens is 376 g/mol. The molecule has 7 nitrogen and oxygen atoms in total. The zero-order valence-corrected chi connectivity index (χ0v) is 17.5. The second kappa shape index (κ2) is 8.82. The van der Waals surface area contributed by atoms with Crippen LogP contribution in [-0.4, -0.2) is 20.7 Å². The van der Waals surface area contributed by atoms with Gasteiger partial charge in [0.1, 0.15) is 17.2 Å². The molecule has 0 saturated carbocycles. The minimum atomic E-state index is -0.0549. The number of guanidine groups is 1.